The molecule has 1 aromatic carbocycles. The van der Waals surface area contributed by atoms with E-state index < -0.39 is 5.97 Å². The quantitative estimate of drug-likeness (QED) is 0.905. The molecular weight excluding hydrogens is 346 g/mol. The first kappa shape index (κ1) is 15.2. The van der Waals surface area contributed by atoms with E-state index >= 15 is 0 Å². The second kappa shape index (κ2) is 6.62. The number of aromatic carboxylic acids is 1. The van der Waals surface area contributed by atoms with Crippen molar-refractivity contribution in [2.24, 2.45) is 0 Å². The summed E-state index contributed by atoms with van der Waals surface area (Å²) >= 11 is 3.43. The number of benzene rings is 1. The number of hydrogen-bond acceptors (Lipinski definition) is 3. The van der Waals surface area contributed by atoms with Gasteiger partial charge in [0.1, 0.15) is 0 Å². The highest BCUT2D eigenvalue weighted by Crippen LogP contribution is 2.24. The summed E-state index contributed by atoms with van der Waals surface area (Å²) in [6.07, 6.45) is 5.97. The molecule has 5 nitrogen and oxygen atoms in total. The third-order valence-electron chi connectivity index (χ3n) is 4.08. The lowest BCUT2D eigenvalue weighted by molar-refractivity contribution is 0.0696. The van der Waals surface area contributed by atoms with Crippen LogP contribution in [0.2, 0.25) is 0 Å². The molecule has 1 N–H and O–H groups in total. The zero-order chi connectivity index (χ0) is 15.5. The van der Waals surface area contributed by atoms with Crippen molar-refractivity contribution in [2.45, 2.75) is 25.4 Å². The van der Waals surface area contributed by atoms with Gasteiger partial charge < -0.3 is 5.11 Å². The lowest BCUT2D eigenvalue weighted by Gasteiger charge is -2.32. The molecule has 0 spiro atoms. The van der Waals surface area contributed by atoms with Crippen LogP contribution in [-0.2, 0) is 6.54 Å². The molecule has 1 saturated heterocycles. The van der Waals surface area contributed by atoms with Crippen LogP contribution in [0.5, 0.6) is 0 Å². The zero-order valence-electron chi connectivity index (χ0n) is 12.2. The van der Waals surface area contributed by atoms with Gasteiger partial charge in [0.05, 0.1) is 22.3 Å². The van der Waals surface area contributed by atoms with Crippen LogP contribution in [0.3, 0.4) is 0 Å². The van der Waals surface area contributed by atoms with Crippen LogP contribution in [0, 0.1) is 0 Å². The minimum absolute atomic E-state index is 0.355. The molecule has 0 atom stereocenters. The van der Waals surface area contributed by atoms with Crippen LogP contribution < -0.4 is 0 Å². The average Bonchev–Trinajstić information content (AvgIpc) is 2.95. The Morgan fingerprint density at radius 3 is 2.77 bits per heavy atom. The molecule has 1 fully saturated rings. The topological polar surface area (TPSA) is 58.4 Å². The summed E-state index contributed by atoms with van der Waals surface area (Å²) in [6, 6.07) is 7.65. The number of nitrogens with zero attached hydrogens (tertiary/aromatic N) is 3. The maximum atomic E-state index is 11.0. The highest BCUT2D eigenvalue weighted by molar-refractivity contribution is 9.10. The zero-order valence-corrected chi connectivity index (χ0v) is 13.7. The average molecular weight is 364 g/mol. The van der Waals surface area contributed by atoms with Crippen LogP contribution in [-0.4, -0.2) is 38.8 Å². The van der Waals surface area contributed by atoms with Crippen LogP contribution in [0.25, 0.3) is 0 Å². The van der Waals surface area contributed by atoms with Crippen molar-refractivity contribution >= 4 is 21.9 Å². The van der Waals surface area contributed by atoms with Gasteiger partial charge in [-0.15, -0.1) is 0 Å². The van der Waals surface area contributed by atoms with E-state index in [1.807, 2.05) is 29.2 Å². The molecule has 116 valence electrons. The number of piperidine rings is 1. The van der Waals surface area contributed by atoms with Crippen molar-refractivity contribution in [3.63, 3.8) is 0 Å². The number of rotatable bonds is 4. The molecule has 0 amide bonds. The molecule has 0 aliphatic carbocycles. The normalized spacial score (nSPS) is 16.8. The van der Waals surface area contributed by atoms with Crippen LogP contribution in [0.15, 0.2) is 41.1 Å². The first-order chi connectivity index (χ1) is 10.6. The van der Waals surface area contributed by atoms with Gasteiger partial charge in [0.25, 0.3) is 0 Å². The number of carboxylic acids is 1. The van der Waals surface area contributed by atoms with Gasteiger partial charge in [-0.05, 0) is 46.5 Å². The van der Waals surface area contributed by atoms with E-state index in [0.717, 1.165) is 42.5 Å². The predicted octanol–water partition coefficient (Wildman–Crippen LogP) is 3.18. The monoisotopic (exact) mass is 363 g/mol. The number of aromatic nitrogens is 2. The van der Waals surface area contributed by atoms with Crippen molar-refractivity contribution in [1.29, 1.82) is 0 Å². The van der Waals surface area contributed by atoms with Gasteiger partial charge in [0.2, 0.25) is 0 Å². The number of likely N-dealkylation sites (tertiary alicyclic amines) is 1. The van der Waals surface area contributed by atoms with Crippen molar-refractivity contribution in [3.8, 4) is 0 Å². The lowest BCUT2D eigenvalue weighted by atomic mass is 10.0. The van der Waals surface area contributed by atoms with Crippen molar-refractivity contribution < 1.29 is 9.90 Å². The third-order valence-corrected chi connectivity index (χ3v) is 4.49. The number of hydrogen-bond donors (Lipinski definition) is 1. The Labute approximate surface area is 137 Å². The minimum Gasteiger partial charge on any atom is -0.478 e. The molecule has 6 heteroatoms. The molecule has 1 aliphatic rings. The lowest BCUT2D eigenvalue weighted by Crippen LogP contribution is -2.34. The van der Waals surface area contributed by atoms with E-state index in [1.165, 1.54) is 0 Å². The summed E-state index contributed by atoms with van der Waals surface area (Å²) in [4.78, 5) is 13.4. The molecule has 22 heavy (non-hydrogen) atoms. The second-order valence-electron chi connectivity index (χ2n) is 5.65. The molecule has 1 aliphatic heterocycles. The van der Waals surface area contributed by atoms with Gasteiger partial charge in [0.15, 0.2) is 0 Å². The third kappa shape index (κ3) is 3.56. The number of halogens is 1. The largest absolute Gasteiger partial charge is 0.478 e. The van der Waals surface area contributed by atoms with E-state index in [1.54, 1.807) is 12.1 Å². The highest BCUT2D eigenvalue weighted by atomic mass is 79.9. The standard InChI is InChI=1S/C16H18BrN3O2/c17-14-9-18-20(11-14)15-4-6-19(7-5-15)10-12-2-1-3-13(8-12)16(21)22/h1-3,8-9,11,15H,4-7,10H2,(H,21,22). The molecule has 2 heterocycles. The van der Waals surface area contributed by atoms with Gasteiger partial charge in [-0.2, -0.15) is 5.10 Å². The molecule has 0 saturated carbocycles. The molecule has 0 unspecified atom stereocenters. The molecular formula is C16H18BrN3O2. The fourth-order valence-electron chi connectivity index (χ4n) is 2.92. The summed E-state index contributed by atoms with van der Waals surface area (Å²) < 4.78 is 3.05. The summed E-state index contributed by atoms with van der Waals surface area (Å²) in [5.41, 5.74) is 1.41. The maximum absolute atomic E-state index is 11.0. The predicted molar refractivity (Wildman–Crippen MR) is 86.9 cm³/mol. The fourth-order valence-corrected chi connectivity index (χ4v) is 3.22. The van der Waals surface area contributed by atoms with Gasteiger partial charge in [-0.1, -0.05) is 12.1 Å². The van der Waals surface area contributed by atoms with Crippen molar-refractivity contribution in [1.82, 2.24) is 14.7 Å². The van der Waals surface area contributed by atoms with Crippen LogP contribution >= 0.6 is 15.9 Å². The van der Waals surface area contributed by atoms with Crippen molar-refractivity contribution in [3.05, 3.63) is 52.3 Å². The Morgan fingerprint density at radius 1 is 1.36 bits per heavy atom. The van der Waals surface area contributed by atoms with Crippen molar-refractivity contribution in [2.75, 3.05) is 13.1 Å². The van der Waals surface area contributed by atoms with Crippen LogP contribution in [0.1, 0.15) is 34.8 Å². The second-order valence-corrected chi connectivity index (χ2v) is 6.57. The highest BCUT2D eigenvalue weighted by Gasteiger charge is 2.21. The Kier molecular flexibility index (Phi) is 4.59. The fraction of sp³-hybridized carbons (Fsp3) is 0.375. The summed E-state index contributed by atoms with van der Waals surface area (Å²) in [7, 11) is 0. The van der Waals surface area contributed by atoms with E-state index in [9.17, 15) is 4.79 Å². The minimum atomic E-state index is -0.871. The van der Waals surface area contributed by atoms with E-state index in [2.05, 4.69) is 25.9 Å². The Morgan fingerprint density at radius 2 is 2.14 bits per heavy atom. The van der Waals surface area contributed by atoms with E-state index in [0.29, 0.717) is 11.6 Å². The number of carbonyl (C=O) groups is 1. The van der Waals surface area contributed by atoms with E-state index in [-0.39, 0.29) is 0 Å². The first-order valence-corrected chi connectivity index (χ1v) is 8.15. The Balaban J connectivity index is 1.58. The first-order valence-electron chi connectivity index (χ1n) is 7.36. The Hall–Kier alpha value is -1.66. The summed E-state index contributed by atoms with van der Waals surface area (Å²) in [5.74, 6) is -0.871. The van der Waals surface area contributed by atoms with Gasteiger partial charge in [0, 0.05) is 25.8 Å². The van der Waals surface area contributed by atoms with Gasteiger partial charge >= 0.3 is 5.97 Å². The summed E-state index contributed by atoms with van der Waals surface area (Å²) in [6.45, 7) is 2.80. The van der Waals surface area contributed by atoms with Gasteiger partial charge in [-0.3, -0.25) is 9.58 Å². The molecule has 3 rings (SSSR count). The van der Waals surface area contributed by atoms with Gasteiger partial charge in [-0.25, -0.2) is 4.79 Å². The molecule has 1 aromatic heterocycles. The van der Waals surface area contributed by atoms with E-state index in [4.69, 9.17) is 5.11 Å². The Bertz CT molecular complexity index is 663. The molecule has 2 aromatic rings. The maximum Gasteiger partial charge on any atom is 0.335 e. The molecule has 0 bridgehead atoms. The summed E-state index contributed by atoms with van der Waals surface area (Å²) in [5, 5.41) is 13.4. The number of carboxylic acid groups (broad SMARTS) is 1. The SMILES string of the molecule is O=C(O)c1cccc(CN2CCC(n3cc(Br)cn3)CC2)c1. The molecule has 0 radical (unpaired) electrons. The smallest absolute Gasteiger partial charge is 0.335 e. The van der Waals surface area contributed by atoms with Crippen LogP contribution in [0.4, 0.5) is 0 Å².